The molecule has 0 radical (unpaired) electrons. The Morgan fingerprint density at radius 1 is 0.960 bits per heavy atom. The van der Waals surface area contributed by atoms with Crippen LogP contribution in [0.4, 0.5) is 5.82 Å². The SMILES string of the molecule is Cc1ccc(CNc2ncnc3ccc(-c4ccc(C)s4)cc23)cn1. The average molecular weight is 346 g/mol. The van der Waals surface area contributed by atoms with Crippen LogP contribution < -0.4 is 5.32 Å². The van der Waals surface area contributed by atoms with Gasteiger partial charge in [0.05, 0.1) is 5.52 Å². The third-order valence-electron chi connectivity index (χ3n) is 4.09. The van der Waals surface area contributed by atoms with Crippen molar-refractivity contribution in [2.24, 2.45) is 0 Å². The lowest BCUT2D eigenvalue weighted by Crippen LogP contribution is -2.03. The maximum atomic E-state index is 4.44. The topological polar surface area (TPSA) is 50.7 Å². The van der Waals surface area contributed by atoms with Crippen LogP contribution in [0, 0.1) is 13.8 Å². The number of aromatic nitrogens is 3. The van der Waals surface area contributed by atoms with Gasteiger partial charge in [-0.25, -0.2) is 9.97 Å². The first-order valence-electron chi connectivity index (χ1n) is 8.16. The van der Waals surface area contributed by atoms with E-state index in [2.05, 4.69) is 63.6 Å². The van der Waals surface area contributed by atoms with Crippen molar-refractivity contribution in [1.29, 1.82) is 0 Å². The molecule has 3 aromatic heterocycles. The number of anilines is 1. The van der Waals surface area contributed by atoms with Crippen LogP contribution in [0.1, 0.15) is 16.1 Å². The van der Waals surface area contributed by atoms with Gasteiger partial charge in [-0.1, -0.05) is 12.1 Å². The van der Waals surface area contributed by atoms with Gasteiger partial charge in [0.2, 0.25) is 0 Å². The summed E-state index contributed by atoms with van der Waals surface area (Å²) in [5, 5.41) is 4.45. The molecule has 124 valence electrons. The minimum Gasteiger partial charge on any atom is -0.365 e. The van der Waals surface area contributed by atoms with Crippen molar-refractivity contribution in [3.63, 3.8) is 0 Å². The average Bonchev–Trinajstić information content (AvgIpc) is 3.07. The molecule has 0 unspecified atom stereocenters. The van der Waals surface area contributed by atoms with Crippen LogP contribution in [-0.2, 0) is 6.54 Å². The van der Waals surface area contributed by atoms with E-state index in [9.17, 15) is 0 Å². The number of benzene rings is 1. The van der Waals surface area contributed by atoms with Gasteiger partial charge in [0.15, 0.2) is 0 Å². The Morgan fingerprint density at radius 3 is 2.64 bits per heavy atom. The first-order valence-corrected chi connectivity index (χ1v) is 8.98. The second kappa shape index (κ2) is 6.61. The van der Waals surface area contributed by atoms with Gasteiger partial charge in [-0.05, 0) is 55.3 Å². The van der Waals surface area contributed by atoms with E-state index in [1.807, 2.05) is 19.2 Å². The molecule has 25 heavy (non-hydrogen) atoms. The zero-order chi connectivity index (χ0) is 17.2. The van der Waals surface area contributed by atoms with Crippen molar-refractivity contribution in [3.05, 3.63) is 71.1 Å². The molecule has 0 aliphatic rings. The van der Waals surface area contributed by atoms with Gasteiger partial charge in [0, 0.05) is 33.6 Å². The summed E-state index contributed by atoms with van der Waals surface area (Å²) in [6.45, 7) is 4.80. The van der Waals surface area contributed by atoms with Crippen LogP contribution in [-0.4, -0.2) is 15.0 Å². The molecule has 0 saturated carbocycles. The van der Waals surface area contributed by atoms with Gasteiger partial charge in [-0.3, -0.25) is 4.98 Å². The number of fused-ring (bicyclic) bond motifs is 1. The maximum absolute atomic E-state index is 4.44. The predicted octanol–water partition coefficient (Wildman–Crippen LogP) is 4.98. The molecule has 5 heteroatoms. The molecule has 0 saturated heterocycles. The van der Waals surface area contributed by atoms with Gasteiger partial charge in [-0.2, -0.15) is 0 Å². The van der Waals surface area contributed by atoms with Crippen LogP contribution in [0.15, 0.2) is 55.0 Å². The number of pyridine rings is 1. The number of hydrogen-bond acceptors (Lipinski definition) is 5. The second-order valence-corrected chi connectivity index (χ2v) is 7.31. The molecule has 0 atom stereocenters. The second-order valence-electron chi connectivity index (χ2n) is 6.03. The third-order valence-corrected chi connectivity index (χ3v) is 5.14. The van der Waals surface area contributed by atoms with E-state index in [0.29, 0.717) is 6.54 Å². The van der Waals surface area contributed by atoms with E-state index in [1.54, 1.807) is 17.7 Å². The molecule has 0 amide bonds. The van der Waals surface area contributed by atoms with Crippen molar-refractivity contribution < 1.29 is 0 Å². The van der Waals surface area contributed by atoms with E-state index < -0.39 is 0 Å². The molecule has 1 N–H and O–H groups in total. The monoisotopic (exact) mass is 346 g/mol. The summed E-state index contributed by atoms with van der Waals surface area (Å²) in [5.41, 5.74) is 4.28. The molecule has 1 aromatic carbocycles. The highest BCUT2D eigenvalue weighted by Crippen LogP contribution is 2.31. The third kappa shape index (κ3) is 3.37. The highest BCUT2D eigenvalue weighted by Gasteiger charge is 2.07. The number of thiophene rings is 1. The highest BCUT2D eigenvalue weighted by atomic mass is 32.1. The Labute approximate surface area is 150 Å². The molecule has 0 aliphatic carbocycles. The van der Waals surface area contributed by atoms with Crippen molar-refractivity contribution in [1.82, 2.24) is 15.0 Å². The summed E-state index contributed by atoms with van der Waals surface area (Å²) in [4.78, 5) is 15.7. The summed E-state index contributed by atoms with van der Waals surface area (Å²) >= 11 is 1.80. The van der Waals surface area contributed by atoms with Crippen molar-refractivity contribution >= 4 is 28.1 Å². The molecule has 0 spiro atoms. The van der Waals surface area contributed by atoms with Gasteiger partial charge in [0.25, 0.3) is 0 Å². The van der Waals surface area contributed by atoms with Crippen LogP contribution in [0.25, 0.3) is 21.3 Å². The fourth-order valence-electron chi connectivity index (χ4n) is 2.73. The molecule has 4 rings (SSSR count). The molecule has 0 aliphatic heterocycles. The Balaban J connectivity index is 1.67. The molecule has 3 heterocycles. The fourth-order valence-corrected chi connectivity index (χ4v) is 3.59. The number of nitrogens with one attached hydrogen (secondary N) is 1. The zero-order valence-electron chi connectivity index (χ0n) is 14.2. The smallest absolute Gasteiger partial charge is 0.137 e. The van der Waals surface area contributed by atoms with Crippen molar-refractivity contribution in [3.8, 4) is 10.4 Å². The first kappa shape index (κ1) is 15.7. The Bertz CT molecular complexity index is 1020. The van der Waals surface area contributed by atoms with Crippen LogP contribution in [0.2, 0.25) is 0 Å². The van der Waals surface area contributed by atoms with Crippen LogP contribution in [0.3, 0.4) is 0 Å². The van der Waals surface area contributed by atoms with Crippen LogP contribution >= 0.6 is 11.3 Å². The van der Waals surface area contributed by atoms with E-state index >= 15 is 0 Å². The fraction of sp³-hybridized carbons (Fsp3) is 0.150. The normalized spacial score (nSPS) is 11.0. The number of aryl methyl sites for hydroxylation is 2. The lowest BCUT2D eigenvalue weighted by molar-refractivity contribution is 1.06. The minimum atomic E-state index is 0.682. The van der Waals surface area contributed by atoms with Gasteiger partial charge in [-0.15, -0.1) is 11.3 Å². The number of nitrogens with zero attached hydrogens (tertiary/aromatic N) is 3. The summed E-state index contributed by atoms with van der Waals surface area (Å²) in [5.74, 6) is 0.848. The Hall–Kier alpha value is -2.79. The quantitative estimate of drug-likeness (QED) is 0.566. The molecule has 4 nitrogen and oxygen atoms in total. The van der Waals surface area contributed by atoms with Gasteiger partial charge >= 0.3 is 0 Å². The molecular formula is C20H18N4S. The van der Waals surface area contributed by atoms with Gasteiger partial charge in [0.1, 0.15) is 12.1 Å². The molecule has 4 aromatic rings. The number of hydrogen-bond donors (Lipinski definition) is 1. The number of rotatable bonds is 4. The van der Waals surface area contributed by atoms with Gasteiger partial charge < -0.3 is 5.32 Å². The van der Waals surface area contributed by atoms with Crippen LogP contribution in [0.5, 0.6) is 0 Å². The summed E-state index contributed by atoms with van der Waals surface area (Å²) < 4.78 is 0. The Morgan fingerprint density at radius 2 is 1.88 bits per heavy atom. The lowest BCUT2D eigenvalue weighted by Gasteiger charge is -2.09. The van der Waals surface area contributed by atoms with E-state index in [0.717, 1.165) is 28.0 Å². The van der Waals surface area contributed by atoms with Crippen molar-refractivity contribution in [2.75, 3.05) is 5.32 Å². The standard InChI is InChI=1S/C20H18N4S/c1-13-3-5-15(10-21-13)11-22-20-17-9-16(19-8-4-14(2)25-19)6-7-18(17)23-12-24-20/h3-10,12H,11H2,1-2H3,(H,22,23,24). The van der Waals surface area contributed by atoms with E-state index in [1.165, 1.54) is 15.3 Å². The molecule has 0 bridgehead atoms. The summed E-state index contributed by atoms with van der Waals surface area (Å²) in [6.07, 6.45) is 3.50. The largest absolute Gasteiger partial charge is 0.365 e. The summed E-state index contributed by atoms with van der Waals surface area (Å²) in [7, 11) is 0. The summed E-state index contributed by atoms with van der Waals surface area (Å²) in [6, 6.07) is 14.8. The lowest BCUT2D eigenvalue weighted by atomic mass is 10.1. The van der Waals surface area contributed by atoms with E-state index in [4.69, 9.17) is 0 Å². The molecule has 0 fully saturated rings. The predicted molar refractivity (Wildman–Crippen MR) is 104 cm³/mol. The molecular weight excluding hydrogens is 328 g/mol. The Kier molecular flexibility index (Phi) is 4.15. The zero-order valence-corrected chi connectivity index (χ0v) is 15.0. The first-order chi connectivity index (χ1) is 12.2. The van der Waals surface area contributed by atoms with Crippen molar-refractivity contribution in [2.45, 2.75) is 20.4 Å². The highest BCUT2D eigenvalue weighted by molar-refractivity contribution is 7.15. The minimum absolute atomic E-state index is 0.682. The maximum Gasteiger partial charge on any atom is 0.137 e. The van der Waals surface area contributed by atoms with E-state index in [-0.39, 0.29) is 0 Å².